The third kappa shape index (κ3) is 2.65. The van der Waals surface area contributed by atoms with Crippen LogP contribution >= 0.6 is 24.0 Å². The average molecular weight is 385 g/mol. The Morgan fingerprint density at radius 1 is 0.769 bits per heavy atom. The van der Waals surface area contributed by atoms with Gasteiger partial charge in [0.25, 0.3) is 0 Å². The predicted molar refractivity (Wildman–Crippen MR) is 115 cm³/mol. The van der Waals surface area contributed by atoms with E-state index in [4.69, 9.17) is 11.6 Å². The normalized spacial score (nSPS) is 14.1. The second kappa shape index (κ2) is 6.86. The van der Waals surface area contributed by atoms with E-state index in [-0.39, 0.29) is 12.4 Å². The van der Waals surface area contributed by atoms with Crippen LogP contribution in [0.4, 0.5) is 17.1 Å². The summed E-state index contributed by atoms with van der Waals surface area (Å²) in [4.78, 5) is 3.63. The van der Waals surface area contributed by atoms with Crippen LogP contribution in [0, 0.1) is 0 Å². The van der Waals surface area contributed by atoms with Crippen molar-refractivity contribution in [2.45, 2.75) is 4.87 Å². The maximum absolute atomic E-state index is 7.42. The van der Waals surface area contributed by atoms with Crippen LogP contribution in [-0.2, 0) is 4.87 Å². The molecule has 0 saturated heterocycles. The highest BCUT2D eigenvalue weighted by atomic mass is 35.5. The molecule has 3 aromatic rings. The molecule has 0 saturated carbocycles. The zero-order valence-electron chi connectivity index (χ0n) is 15.1. The standard InChI is InChI=1S/C22H21ClN2.ClH/c1-24(2)17-14-12-16(13-15-17)22(23)18-8-4-6-10-20(18)25(3)21-11-7-5-9-19(21)22;/h4-15H,1-3H3;1H. The Bertz CT molecular complexity index is 872. The van der Waals surface area contributed by atoms with Gasteiger partial charge >= 0.3 is 0 Å². The van der Waals surface area contributed by atoms with Gasteiger partial charge in [0, 0.05) is 49.3 Å². The Balaban J connectivity index is 0.00000196. The van der Waals surface area contributed by atoms with Gasteiger partial charge in [-0.25, -0.2) is 0 Å². The maximum Gasteiger partial charge on any atom is 0.123 e. The number of hydrogen-bond acceptors (Lipinski definition) is 2. The predicted octanol–water partition coefficient (Wildman–Crippen LogP) is 5.79. The molecule has 0 bridgehead atoms. The topological polar surface area (TPSA) is 6.48 Å². The quantitative estimate of drug-likeness (QED) is 0.516. The molecule has 0 fully saturated rings. The monoisotopic (exact) mass is 384 g/mol. The molecule has 3 aromatic carbocycles. The van der Waals surface area contributed by atoms with Crippen LogP contribution in [0.25, 0.3) is 0 Å². The number of hydrogen-bond donors (Lipinski definition) is 0. The highest BCUT2D eigenvalue weighted by molar-refractivity contribution is 6.29. The molecule has 0 spiro atoms. The summed E-state index contributed by atoms with van der Waals surface area (Å²) in [5.74, 6) is 0. The number of anilines is 3. The molecule has 0 aliphatic carbocycles. The molecule has 134 valence electrons. The summed E-state index contributed by atoms with van der Waals surface area (Å²) >= 11 is 7.42. The van der Waals surface area contributed by atoms with Crippen molar-refractivity contribution >= 4 is 41.1 Å². The number of benzene rings is 3. The first kappa shape index (κ1) is 18.6. The van der Waals surface area contributed by atoms with Gasteiger partial charge in [0.2, 0.25) is 0 Å². The van der Waals surface area contributed by atoms with E-state index in [0.29, 0.717) is 0 Å². The van der Waals surface area contributed by atoms with Gasteiger partial charge in [-0.3, -0.25) is 0 Å². The Labute approximate surface area is 166 Å². The molecule has 1 aliphatic heterocycles. The highest BCUT2D eigenvalue weighted by Gasteiger charge is 2.42. The van der Waals surface area contributed by atoms with E-state index in [2.05, 4.69) is 89.6 Å². The summed E-state index contributed by atoms with van der Waals surface area (Å²) in [6.07, 6.45) is 0. The van der Waals surface area contributed by atoms with E-state index >= 15 is 0 Å². The van der Waals surface area contributed by atoms with E-state index in [1.165, 1.54) is 5.69 Å². The molecule has 0 radical (unpaired) electrons. The van der Waals surface area contributed by atoms with Crippen LogP contribution in [-0.4, -0.2) is 21.1 Å². The lowest BCUT2D eigenvalue weighted by molar-refractivity contribution is 0.845. The lowest BCUT2D eigenvalue weighted by Gasteiger charge is -2.41. The van der Waals surface area contributed by atoms with Crippen LogP contribution in [0.15, 0.2) is 72.8 Å². The molecule has 1 aliphatic rings. The van der Waals surface area contributed by atoms with Crippen LogP contribution < -0.4 is 9.80 Å². The van der Waals surface area contributed by atoms with Gasteiger partial charge in [0.05, 0.1) is 0 Å². The second-order valence-corrected chi connectivity index (χ2v) is 7.26. The maximum atomic E-state index is 7.42. The van der Waals surface area contributed by atoms with E-state index < -0.39 is 4.87 Å². The Kier molecular flexibility index (Phi) is 4.92. The van der Waals surface area contributed by atoms with Crippen molar-refractivity contribution < 1.29 is 0 Å². The second-order valence-electron chi connectivity index (χ2n) is 6.69. The number of fused-ring (bicyclic) bond motifs is 2. The third-order valence-corrected chi connectivity index (χ3v) is 5.68. The van der Waals surface area contributed by atoms with Crippen molar-refractivity contribution in [3.63, 3.8) is 0 Å². The molecular formula is C22H22Cl2N2. The number of rotatable bonds is 2. The summed E-state index contributed by atoms with van der Waals surface area (Å²) < 4.78 is 0. The fraction of sp³-hybridized carbons (Fsp3) is 0.182. The fourth-order valence-corrected chi connectivity index (χ4v) is 4.14. The minimum absolute atomic E-state index is 0. The number of alkyl halides is 1. The van der Waals surface area contributed by atoms with Crippen molar-refractivity contribution in [2.24, 2.45) is 0 Å². The van der Waals surface area contributed by atoms with Gasteiger partial charge in [-0.2, -0.15) is 0 Å². The zero-order chi connectivity index (χ0) is 17.6. The van der Waals surface area contributed by atoms with Crippen molar-refractivity contribution in [1.82, 2.24) is 0 Å². The van der Waals surface area contributed by atoms with Crippen molar-refractivity contribution in [3.8, 4) is 0 Å². The molecule has 4 heteroatoms. The van der Waals surface area contributed by atoms with Gasteiger partial charge in [0.1, 0.15) is 4.87 Å². The molecule has 0 unspecified atom stereocenters. The molecule has 1 heterocycles. The van der Waals surface area contributed by atoms with Crippen LogP contribution in [0.1, 0.15) is 16.7 Å². The van der Waals surface area contributed by atoms with Crippen LogP contribution in [0.3, 0.4) is 0 Å². The van der Waals surface area contributed by atoms with E-state index in [1.807, 2.05) is 14.1 Å². The first-order valence-electron chi connectivity index (χ1n) is 8.43. The van der Waals surface area contributed by atoms with Crippen LogP contribution in [0.5, 0.6) is 0 Å². The first-order chi connectivity index (χ1) is 12.0. The number of halogens is 2. The molecule has 0 atom stereocenters. The van der Waals surface area contributed by atoms with Gasteiger partial charge in [0.15, 0.2) is 0 Å². The molecule has 4 rings (SSSR count). The van der Waals surface area contributed by atoms with Gasteiger partial charge in [-0.1, -0.05) is 48.5 Å². The number of para-hydroxylation sites is 2. The van der Waals surface area contributed by atoms with Crippen molar-refractivity contribution in [2.75, 3.05) is 30.9 Å². The van der Waals surface area contributed by atoms with E-state index in [0.717, 1.165) is 28.1 Å². The minimum Gasteiger partial charge on any atom is -0.378 e. The molecule has 0 amide bonds. The smallest absolute Gasteiger partial charge is 0.123 e. The summed E-state index contributed by atoms with van der Waals surface area (Å²) in [5.41, 5.74) is 6.79. The lowest BCUT2D eigenvalue weighted by atomic mass is 9.79. The zero-order valence-corrected chi connectivity index (χ0v) is 16.7. The van der Waals surface area contributed by atoms with Crippen LogP contribution in [0.2, 0.25) is 0 Å². The number of nitrogens with zero attached hydrogens (tertiary/aromatic N) is 2. The summed E-state index contributed by atoms with van der Waals surface area (Å²) in [6, 6.07) is 25.3. The van der Waals surface area contributed by atoms with Gasteiger partial charge < -0.3 is 9.80 Å². The van der Waals surface area contributed by atoms with Gasteiger partial charge in [-0.15, -0.1) is 24.0 Å². The Morgan fingerprint density at radius 2 is 1.23 bits per heavy atom. The molecule has 26 heavy (non-hydrogen) atoms. The molecule has 0 N–H and O–H groups in total. The largest absolute Gasteiger partial charge is 0.378 e. The Hall–Kier alpha value is -2.16. The Morgan fingerprint density at radius 3 is 1.69 bits per heavy atom. The summed E-state index contributed by atoms with van der Waals surface area (Å²) in [5, 5.41) is 0. The molecular weight excluding hydrogens is 363 g/mol. The molecule has 2 nitrogen and oxygen atoms in total. The highest BCUT2D eigenvalue weighted by Crippen LogP contribution is 2.54. The SMILES string of the molecule is CN(C)c1ccc(C2(Cl)c3ccccc3N(C)c3ccccc32)cc1.Cl. The summed E-state index contributed by atoms with van der Waals surface area (Å²) in [7, 11) is 6.20. The van der Waals surface area contributed by atoms with Crippen molar-refractivity contribution in [3.05, 3.63) is 89.5 Å². The molecule has 0 aromatic heterocycles. The first-order valence-corrected chi connectivity index (χ1v) is 8.81. The van der Waals surface area contributed by atoms with Gasteiger partial charge in [-0.05, 0) is 29.8 Å². The minimum atomic E-state index is -0.690. The van der Waals surface area contributed by atoms with Crippen molar-refractivity contribution in [1.29, 1.82) is 0 Å². The third-order valence-electron chi connectivity index (χ3n) is 5.05. The fourth-order valence-electron chi connectivity index (χ4n) is 3.69. The average Bonchev–Trinajstić information content (AvgIpc) is 2.66. The van der Waals surface area contributed by atoms with E-state index in [1.54, 1.807) is 0 Å². The lowest BCUT2D eigenvalue weighted by Crippen LogP contribution is -2.32. The summed E-state index contributed by atoms with van der Waals surface area (Å²) in [6.45, 7) is 0. The van der Waals surface area contributed by atoms with E-state index in [9.17, 15) is 0 Å².